The van der Waals surface area contributed by atoms with Gasteiger partial charge in [0.2, 0.25) is 0 Å². The standard InChI is InChI=1S/C20H16Cl2N2O3S/c1-13-16(21)9-5-11-18(13)23-20(25)14-6-4-7-15(12-14)28(26,27)24-19-10-3-2-8-17(19)22/h2-12,24H,1H3,(H,23,25). The van der Waals surface area contributed by atoms with E-state index >= 15 is 0 Å². The summed E-state index contributed by atoms with van der Waals surface area (Å²) in [5, 5.41) is 3.55. The Hall–Kier alpha value is -2.54. The van der Waals surface area contributed by atoms with E-state index in [1.807, 2.05) is 0 Å². The first kappa shape index (κ1) is 20.2. The normalized spacial score (nSPS) is 11.1. The highest BCUT2D eigenvalue weighted by Crippen LogP contribution is 2.25. The third kappa shape index (κ3) is 4.47. The van der Waals surface area contributed by atoms with E-state index in [0.29, 0.717) is 10.7 Å². The second-order valence-electron chi connectivity index (χ2n) is 5.98. The Balaban J connectivity index is 1.86. The lowest BCUT2D eigenvalue weighted by Gasteiger charge is -2.12. The number of anilines is 2. The molecule has 0 spiro atoms. The predicted octanol–water partition coefficient (Wildman–Crippen LogP) is 5.35. The summed E-state index contributed by atoms with van der Waals surface area (Å²) in [6.07, 6.45) is 0. The maximum Gasteiger partial charge on any atom is 0.261 e. The van der Waals surface area contributed by atoms with Crippen molar-refractivity contribution in [2.24, 2.45) is 0 Å². The average Bonchev–Trinajstić information content (AvgIpc) is 2.67. The summed E-state index contributed by atoms with van der Waals surface area (Å²) in [6, 6.07) is 17.4. The first-order valence-corrected chi connectivity index (χ1v) is 10.5. The first-order chi connectivity index (χ1) is 13.3. The zero-order valence-electron chi connectivity index (χ0n) is 14.7. The SMILES string of the molecule is Cc1c(Cl)cccc1NC(=O)c1cccc(S(=O)(=O)Nc2ccccc2Cl)c1. The van der Waals surface area contributed by atoms with Gasteiger partial charge in [-0.15, -0.1) is 0 Å². The molecule has 0 unspecified atom stereocenters. The van der Waals surface area contributed by atoms with Gasteiger partial charge < -0.3 is 5.32 Å². The van der Waals surface area contributed by atoms with E-state index in [1.54, 1.807) is 49.4 Å². The van der Waals surface area contributed by atoms with Gasteiger partial charge >= 0.3 is 0 Å². The Labute approximate surface area is 173 Å². The second kappa shape index (κ2) is 8.22. The molecule has 3 rings (SSSR count). The molecular formula is C20H16Cl2N2O3S. The van der Waals surface area contributed by atoms with Crippen LogP contribution in [0.5, 0.6) is 0 Å². The number of carbonyl (C=O) groups is 1. The molecule has 0 heterocycles. The van der Waals surface area contributed by atoms with Gasteiger partial charge in [0.05, 0.1) is 15.6 Å². The molecule has 3 aromatic rings. The molecule has 0 saturated heterocycles. The summed E-state index contributed by atoms with van der Waals surface area (Å²) >= 11 is 12.1. The Morgan fingerprint density at radius 3 is 2.25 bits per heavy atom. The van der Waals surface area contributed by atoms with Crippen LogP contribution >= 0.6 is 23.2 Å². The number of hydrogen-bond acceptors (Lipinski definition) is 3. The zero-order valence-corrected chi connectivity index (χ0v) is 17.1. The number of hydrogen-bond donors (Lipinski definition) is 2. The molecule has 28 heavy (non-hydrogen) atoms. The molecule has 0 bridgehead atoms. The smallest absolute Gasteiger partial charge is 0.261 e. The lowest BCUT2D eigenvalue weighted by molar-refractivity contribution is 0.102. The van der Waals surface area contributed by atoms with Crippen molar-refractivity contribution >= 4 is 50.5 Å². The Morgan fingerprint density at radius 1 is 0.857 bits per heavy atom. The number of para-hydroxylation sites is 1. The van der Waals surface area contributed by atoms with Gasteiger partial charge in [0, 0.05) is 16.3 Å². The summed E-state index contributed by atoms with van der Waals surface area (Å²) < 4.78 is 27.8. The van der Waals surface area contributed by atoms with Crippen LogP contribution in [-0.2, 0) is 10.0 Å². The molecule has 0 atom stereocenters. The highest BCUT2D eigenvalue weighted by molar-refractivity contribution is 7.92. The Bertz CT molecular complexity index is 1150. The minimum Gasteiger partial charge on any atom is -0.322 e. The molecular weight excluding hydrogens is 419 g/mol. The van der Waals surface area contributed by atoms with Crippen molar-refractivity contribution in [3.8, 4) is 0 Å². The second-order valence-corrected chi connectivity index (χ2v) is 8.48. The molecule has 0 aliphatic heterocycles. The van der Waals surface area contributed by atoms with Crippen molar-refractivity contribution in [1.29, 1.82) is 0 Å². The van der Waals surface area contributed by atoms with Crippen LogP contribution in [0.1, 0.15) is 15.9 Å². The van der Waals surface area contributed by atoms with Gasteiger partial charge in [-0.25, -0.2) is 8.42 Å². The topological polar surface area (TPSA) is 75.3 Å². The van der Waals surface area contributed by atoms with Crippen LogP contribution in [0.3, 0.4) is 0 Å². The van der Waals surface area contributed by atoms with Gasteiger partial charge in [-0.1, -0.05) is 47.5 Å². The van der Waals surface area contributed by atoms with Crippen molar-refractivity contribution in [3.63, 3.8) is 0 Å². The monoisotopic (exact) mass is 434 g/mol. The van der Waals surface area contributed by atoms with E-state index in [2.05, 4.69) is 10.0 Å². The van der Waals surface area contributed by atoms with Crippen molar-refractivity contribution in [2.45, 2.75) is 11.8 Å². The average molecular weight is 435 g/mol. The molecule has 8 heteroatoms. The fourth-order valence-electron chi connectivity index (χ4n) is 2.49. The maximum atomic E-state index is 12.7. The number of benzene rings is 3. The summed E-state index contributed by atoms with van der Waals surface area (Å²) in [4.78, 5) is 12.5. The van der Waals surface area contributed by atoms with E-state index in [-0.39, 0.29) is 21.2 Å². The molecule has 5 nitrogen and oxygen atoms in total. The quantitative estimate of drug-likeness (QED) is 0.567. The minimum atomic E-state index is -3.92. The van der Waals surface area contributed by atoms with Gasteiger partial charge in [-0.05, 0) is 55.0 Å². The van der Waals surface area contributed by atoms with E-state index in [9.17, 15) is 13.2 Å². The van der Waals surface area contributed by atoms with Gasteiger partial charge in [0.15, 0.2) is 0 Å². The van der Waals surface area contributed by atoms with Gasteiger partial charge in [0.25, 0.3) is 15.9 Å². The van der Waals surface area contributed by atoms with Crippen LogP contribution in [0, 0.1) is 6.92 Å². The zero-order chi connectivity index (χ0) is 20.3. The molecule has 0 saturated carbocycles. The molecule has 1 amide bonds. The van der Waals surface area contributed by atoms with Gasteiger partial charge in [0.1, 0.15) is 0 Å². The first-order valence-electron chi connectivity index (χ1n) is 8.22. The van der Waals surface area contributed by atoms with Crippen molar-refractivity contribution in [3.05, 3.63) is 87.9 Å². The number of sulfonamides is 1. The predicted molar refractivity (Wildman–Crippen MR) is 113 cm³/mol. The number of nitrogens with one attached hydrogen (secondary N) is 2. The lowest BCUT2D eigenvalue weighted by atomic mass is 10.1. The summed E-state index contributed by atoms with van der Waals surface area (Å²) in [5.74, 6) is -0.444. The summed E-state index contributed by atoms with van der Waals surface area (Å²) in [6.45, 7) is 1.78. The largest absolute Gasteiger partial charge is 0.322 e. The number of amides is 1. The van der Waals surface area contributed by atoms with Crippen molar-refractivity contribution in [1.82, 2.24) is 0 Å². The Kier molecular flexibility index (Phi) is 5.93. The molecule has 0 aromatic heterocycles. The molecule has 0 fully saturated rings. The van der Waals surface area contributed by atoms with Gasteiger partial charge in [-0.2, -0.15) is 0 Å². The maximum absolute atomic E-state index is 12.7. The van der Waals surface area contributed by atoms with Crippen LogP contribution in [0.15, 0.2) is 71.6 Å². The van der Waals surface area contributed by atoms with Crippen molar-refractivity contribution < 1.29 is 13.2 Å². The van der Waals surface area contributed by atoms with Crippen LogP contribution in [0.4, 0.5) is 11.4 Å². The lowest BCUT2D eigenvalue weighted by Crippen LogP contribution is -2.16. The van der Waals surface area contributed by atoms with Crippen molar-refractivity contribution in [2.75, 3.05) is 10.0 Å². The van der Waals surface area contributed by atoms with Crippen LogP contribution in [0.25, 0.3) is 0 Å². The number of carbonyl (C=O) groups excluding carboxylic acids is 1. The molecule has 0 aliphatic carbocycles. The van der Waals surface area contributed by atoms with E-state index < -0.39 is 15.9 Å². The molecule has 0 radical (unpaired) electrons. The Morgan fingerprint density at radius 2 is 1.50 bits per heavy atom. The molecule has 2 N–H and O–H groups in total. The van der Waals surface area contributed by atoms with Crippen LogP contribution in [-0.4, -0.2) is 14.3 Å². The summed E-state index contributed by atoms with van der Waals surface area (Å²) in [7, 11) is -3.92. The highest BCUT2D eigenvalue weighted by atomic mass is 35.5. The van der Waals surface area contributed by atoms with Gasteiger partial charge in [-0.3, -0.25) is 9.52 Å². The molecule has 0 aliphatic rings. The number of halogens is 2. The van der Waals surface area contributed by atoms with Crippen LogP contribution in [0.2, 0.25) is 10.0 Å². The van der Waals surface area contributed by atoms with E-state index in [0.717, 1.165) is 5.56 Å². The molecule has 144 valence electrons. The fourth-order valence-corrected chi connectivity index (χ4v) is 4.03. The highest BCUT2D eigenvalue weighted by Gasteiger charge is 2.18. The van der Waals surface area contributed by atoms with E-state index in [1.165, 1.54) is 24.3 Å². The van der Waals surface area contributed by atoms with Crippen LogP contribution < -0.4 is 10.0 Å². The van der Waals surface area contributed by atoms with E-state index in [4.69, 9.17) is 23.2 Å². The fraction of sp³-hybridized carbons (Fsp3) is 0.0500. The minimum absolute atomic E-state index is 0.0529. The summed E-state index contributed by atoms with van der Waals surface area (Å²) in [5.41, 5.74) is 1.73. The third-order valence-corrected chi connectivity index (χ3v) is 6.14. The number of rotatable bonds is 5. The third-order valence-electron chi connectivity index (χ3n) is 4.04. The molecule has 3 aromatic carbocycles.